The zero-order valence-corrected chi connectivity index (χ0v) is 11.4. The third kappa shape index (κ3) is 3.73. The Morgan fingerprint density at radius 2 is 2.26 bits per heavy atom. The number of nitrogens with zero attached hydrogens (tertiary/aromatic N) is 3. The van der Waals surface area contributed by atoms with Crippen molar-refractivity contribution in [1.82, 2.24) is 14.8 Å². The molecule has 0 aliphatic carbocycles. The van der Waals surface area contributed by atoms with Gasteiger partial charge in [-0.3, -0.25) is 9.67 Å². The van der Waals surface area contributed by atoms with E-state index in [0.717, 1.165) is 17.9 Å². The molecule has 100 valence electrons. The summed E-state index contributed by atoms with van der Waals surface area (Å²) in [5.74, 6) is 0. The van der Waals surface area contributed by atoms with E-state index in [0.29, 0.717) is 17.3 Å². The molecule has 0 saturated heterocycles. The van der Waals surface area contributed by atoms with Crippen LogP contribution in [0.25, 0.3) is 0 Å². The van der Waals surface area contributed by atoms with Crippen LogP contribution in [-0.2, 0) is 11.3 Å². The van der Waals surface area contributed by atoms with Crippen LogP contribution in [0, 0.1) is 0 Å². The summed E-state index contributed by atoms with van der Waals surface area (Å²) < 4.78 is 6.80. The fraction of sp³-hybridized carbons (Fsp3) is 0.250. The fourth-order valence-electron chi connectivity index (χ4n) is 1.52. The number of anilines is 2. The van der Waals surface area contributed by atoms with Gasteiger partial charge in [0.15, 0.2) is 0 Å². The maximum absolute atomic E-state index is 5.49. The van der Waals surface area contributed by atoms with Gasteiger partial charge in [-0.05, 0) is 12.1 Å². The Morgan fingerprint density at radius 1 is 1.42 bits per heavy atom. The monoisotopic (exact) mass is 277 g/mol. The molecule has 0 aliphatic heterocycles. The van der Waals surface area contributed by atoms with Gasteiger partial charge in [0, 0.05) is 13.3 Å². The molecule has 0 saturated carbocycles. The minimum Gasteiger partial charge on any atom is -0.388 e. The molecule has 0 radical (unpaired) electrons. The molecule has 0 atom stereocenters. The van der Waals surface area contributed by atoms with E-state index in [1.807, 2.05) is 16.9 Å². The quantitative estimate of drug-likeness (QED) is 0.775. The fourth-order valence-corrected chi connectivity index (χ4v) is 1.64. The van der Waals surface area contributed by atoms with Gasteiger partial charge in [0.1, 0.15) is 4.99 Å². The van der Waals surface area contributed by atoms with Crippen LogP contribution in [-0.4, -0.2) is 33.5 Å². The zero-order valence-electron chi connectivity index (χ0n) is 10.5. The second-order valence-corrected chi connectivity index (χ2v) is 4.35. The van der Waals surface area contributed by atoms with Crippen LogP contribution in [0.2, 0.25) is 0 Å². The molecule has 2 aromatic heterocycles. The first-order valence-corrected chi connectivity index (χ1v) is 6.14. The van der Waals surface area contributed by atoms with Gasteiger partial charge < -0.3 is 15.8 Å². The topological polar surface area (TPSA) is 78.0 Å². The van der Waals surface area contributed by atoms with Gasteiger partial charge in [0.2, 0.25) is 0 Å². The lowest BCUT2D eigenvalue weighted by molar-refractivity contribution is 0.183. The number of hydrogen-bond acceptors (Lipinski definition) is 5. The highest BCUT2D eigenvalue weighted by Crippen LogP contribution is 2.14. The van der Waals surface area contributed by atoms with Crippen LogP contribution in [0.4, 0.5) is 11.4 Å². The Kier molecular flexibility index (Phi) is 4.43. The molecular formula is C12H15N5OS. The molecule has 2 rings (SSSR count). The van der Waals surface area contributed by atoms with E-state index >= 15 is 0 Å². The predicted octanol–water partition coefficient (Wildman–Crippen LogP) is 1.30. The van der Waals surface area contributed by atoms with Crippen molar-refractivity contribution in [2.24, 2.45) is 5.73 Å². The van der Waals surface area contributed by atoms with Crippen molar-refractivity contribution in [3.05, 3.63) is 36.4 Å². The molecule has 2 heterocycles. The Morgan fingerprint density at radius 3 is 2.89 bits per heavy atom. The third-order valence-electron chi connectivity index (χ3n) is 2.46. The van der Waals surface area contributed by atoms with Gasteiger partial charge in [0.05, 0.1) is 42.6 Å². The average Bonchev–Trinajstić information content (AvgIpc) is 2.84. The standard InChI is InChI=1S/C12H15N5OS/c1-18-5-4-17-8-10(7-15-17)16-9-2-3-11(12(13)19)14-6-9/h2-3,6-8,16H,4-5H2,1H3,(H2,13,19). The van der Waals surface area contributed by atoms with Crippen molar-refractivity contribution in [2.75, 3.05) is 19.0 Å². The van der Waals surface area contributed by atoms with Gasteiger partial charge in [-0.25, -0.2) is 0 Å². The van der Waals surface area contributed by atoms with Gasteiger partial charge in [0.25, 0.3) is 0 Å². The summed E-state index contributed by atoms with van der Waals surface area (Å²) in [6.07, 6.45) is 5.33. The lowest BCUT2D eigenvalue weighted by atomic mass is 10.3. The van der Waals surface area contributed by atoms with E-state index in [2.05, 4.69) is 15.4 Å². The first kappa shape index (κ1) is 13.4. The Labute approximate surface area is 116 Å². The molecule has 7 heteroatoms. The minimum atomic E-state index is 0.291. The molecular weight excluding hydrogens is 262 g/mol. The van der Waals surface area contributed by atoms with Crippen molar-refractivity contribution in [3.63, 3.8) is 0 Å². The number of pyridine rings is 1. The summed E-state index contributed by atoms with van der Waals surface area (Å²) in [5.41, 5.74) is 7.84. The van der Waals surface area contributed by atoms with E-state index in [9.17, 15) is 0 Å². The highest BCUT2D eigenvalue weighted by molar-refractivity contribution is 7.80. The van der Waals surface area contributed by atoms with Crippen molar-refractivity contribution >= 4 is 28.6 Å². The number of ether oxygens (including phenoxy) is 1. The van der Waals surface area contributed by atoms with Gasteiger partial charge in [-0.2, -0.15) is 5.10 Å². The molecule has 0 unspecified atom stereocenters. The summed E-state index contributed by atoms with van der Waals surface area (Å²) in [6, 6.07) is 3.65. The first-order valence-electron chi connectivity index (χ1n) is 5.73. The van der Waals surface area contributed by atoms with Crippen LogP contribution in [0.5, 0.6) is 0 Å². The molecule has 0 spiro atoms. The molecule has 3 N–H and O–H groups in total. The Balaban J connectivity index is 2.00. The second kappa shape index (κ2) is 6.26. The minimum absolute atomic E-state index is 0.291. The maximum atomic E-state index is 5.49. The van der Waals surface area contributed by atoms with E-state index in [-0.39, 0.29) is 0 Å². The molecule has 0 aliphatic rings. The third-order valence-corrected chi connectivity index (χ3v) is 2.67. The van der Waals surface area contributed by atoms with Crippen molar-refractivity contribution in [3.8, 4) is 0 Å². The highest BCUT2D eigenvalue weighted by Gasteiger charge is 2.01. The van der Waals surface area contributed by atoms with Crippen molar-refractivity contribution < 1.29 is 4.74 Å². The van der Waals surface area contributed by atoms with E-state index in [1.165, 1.54) is 0 Å². The van der Waals surface area contributed by atoms with Crippen LogP contribution < -0.4 is 11.1 Å². The summed E-state index contributed by atoms with van der Waals surface area (Å²) in [7, 11) is 1.66. The van der Waals surface area contributed by atoms with Crippen molar-refractivity contribution in [1.29, 1.82) is 0 Å². The number of nitrogens with two attached hydrogens (primary N) is 1. The maximum Gasteiger partial charge on any atom is 0.122 e. The molecule has 0 fully saturated rings. The normalized spacial score (nSPS) is 10.4. The number of nitrogens with one attached hydrogen (secondary N) is 1. The van der Waals surface area contributed by atoms with E-state index in [4.69, 9.17) is 22.7 Å². The molecule has 0 aromatic carbocycles. The molecule has 19 heavy (non-hydrogen) atoms. The van der Waals surface area contributed by atoms with Crippen LogP contribution in [0.1, 0.15) is 5.69 Å². The second-order valence-electron chi connectivity index (χ2n) is 3.91. The number of rotatable bonds is 6. The average molecular weight is 277 g/mol. The van der Waals surface area contributed by atoms with Crippen LogP contribution in [0.3, 0.4) is 0 Å². The highest BCUT2D eigenvalue weighted by atomic mass is 32.1. The summed E-state index contributed by atoms with van der Waals surface area (Å²) >= 11 is 4.85. The van der Waals surface area contributed by atoms with Crippen molar-refractivity contribution in [2.45, 2.75) is 6.54 Å². The van der Waals surface area contributed by atoms with Gasteiger partial charge in [-0.1, -0.05) is 12.2 Å². The number of methoxy groups -OCH3 is 1. The molecule has 0 bridgehead atoms. The number of aromatic nitrogens is 3. The summed E-state index contributed by atoms with van der Waals surface area (Å²) in [6.45, 7) is 1.35. The molecule has 6 nitrogen and oxygen atoms in total. The smallest absolute Gasteiger partial charge is 0.122 e. The van der Waals surface area contributed by atoms with Crippen LogP contribution >= 0.6 is 12.2 Å². The van der Waals surface area contributed by atoms with Gasteiger partial charge in [-0.15, -0.1) is 0 Å². The lowest BCUT2D eigenvalue weighted by Gasteiger charge is -2.04. The number of hydrogen-bond donors (Lipinski definition) is 2. The molecule has 2 aromatic rings. The van der Waals surface area contributed by atoms with Gasteiger partial charge >= 0.3 is 0 Å². The Hall–Kier alpha value is -1.99. The Bertz CT molecular complexity index is 552. The van der Waals surface area contributed by atoms with E-state index < -0.39 is 0 Å². The SMILES string of the molecule is COCCn1cc(Nc2ccc(C(N)=S)nc2)cn1. The van der Waals surface area contributed by atoms with Crippen LogP contribution in [0.15, 0.2) is 30.7 Å². The zero-order chi connectivity index (χ0) is 13.7. The largest absolute Gasteiger partial charge is 0.388 e. The summed E-state index contributed by atoms with van der Waals surface area (Å²) in [4.78, 5) is 4.45. The summed E-state index contributed by atoms with van der Waals surface area (Å²) in [5, 5.41) is 7.40. The predicted molar refractivity (Wildman–Crippen MR) is 77.5 cm³/mol. The van der Waals surface area contributed by atoms with E-state index in [1.54, 1.807) is 25.6 Å². The first-order chi connectivity index (χ1) is 9.19. The lowest BCUT2D eigenvalue weighted by Crippen LogP contribution is -2.11. The number of thiocarbonyl (C=S) groups is 1. The molecule has 0 amide bonds.